The highest BCUT2D eigenvalue weighted by Crippen LogP contribution is 2.73. The van der Waals surface area contributed by atoms with Gasteiger partial charge in [-0.2, -0.15) is 14.0 Å². The van der Waals surface area contributed by atoms with E-state index in [2.05, 4.69) is 46.0 Å². The van der Waals surface area contributed by atoms with E-state index in [0.717, 1.165) is 24.8 Å². The molecule has 40 heavy (non-hydrogen) atoms. The van der Waals surface area contributed by atoms with Crippen molar-refractivity contribution < 1.29 is 23.5 Å². The van der Waals surface area contributed by atoms with E-state index in [0.29, 0.717) is 38.2 Å². The normalized spacial score (nSPS) is 45.4. The molecule has 0 heterocycles. The second kappa shape index (κ2) is 8.49. The fourth-order valence-electron chi connectivity index (χ4n) is 10.4. The molecule has 0 bridgehead atoms. The number of ketones is 1. The first-order chi connectivity index (χ1) is 18.2. The van der Waals surface area contributed by atoms with E-state index >= 15 is 0 Å². The van der Waals surface area contributed by atoms with Gasteiger partial charge in [0, 0.05) is 23.8 Å². The zero-order chi connectivity index (χ0) is 29.9. The van der Waals surface area contributed by atoms with Crippen molar-refractivity contribution in [2.75, 3.05) is 0 Å². The van der Waals surface area contributed by atoms with Gasteiger partial charge in [0.15, 0.2) is 5.78 Å². The number of amides is 1. The number of aliphatic hydroxyl groups excluding tert-OH is 1. The van der Waals surface area contributed by atoms with Gasteiger partial charge in [0.2, 0.25) is 0 Å². The summed E-state index contributed by atoms with van der Waals surface area (Å²) in [5.41, 5.74) is -1.42. The van der Waals surface area contributed by atoms with Crippen LogP contribution in [0.3, 0.4) is 0 Å². The first-order valence-corrected chi connectivity index (χ1v) is 15.0. The van der Waals surface area contributed by atoms with Gasteiger partial charge in [0.1, 0.15) is 0 Å². The summed E-state index contributed by atoms with van der Waals surface area (Å²) in [4.78, 5) is 27.1. The Morgan fingerprint density at radius 1 is 1.07 bits per heavy atom. The first kappa shape index (κ1) is 29.4. The topological polar surface area (TPSA) is 90.2 Å². The van der Waals surface area contributed by atoms with Crippen molar-refractivity contribution in [2.24, 2.45) is 44.8 Å². The van der Waals surface area contributed by atoms with Gasteiger partial charge in [0.05, 0.1) is 17.7 Å². The highest BCUT2D eigenvalue weighted by Gasteiger charge is 2.70. The van der Waals surface area contributed by atoms with E-state index in [-0.39, 0.29) is 28.4 Å². The van der Waals surface area contributed by atoms with Crippen LogP contribution < -0.4 is 5.32 Å². The third kappa shape index (κ3) is 3.76. The molecular weight excluding hydrogens is 510 g/mol. The number of alkyl halides is 2. The third-order valence-corrected chi connectivity index (χ3v) is 12.8. The number of rotatable bonds is 2. The number of halogens is 2. The fourth-order valence-corrected chi connectivity index (χ4v) is 10.4. The molecule has 7 heteroatoms. The minimum Gasteiger partial charge on any atom is -0.387 e. The van der Waals surface area contributed by atoms with Gasteiger partial charge in [-0.1, -0.05) is 60.1 Å². The lowest BCUT2D eigenvalue weighted by molar-refractivity contribution is -0.169. The molecule has 5 aliphatic carbocycles. The number of nitrogens with one attached hydrogen (secondary N) is 1. The largest absolute Gasteiger partial charge is 0.387 e. The number of hydrogen-bond acceptors (Lipinski definition) is 4. The van der Waals surface area contributed by atoms with Gasteiger partial charge in [-0.05, 0) is 84.5 Å². The molecule has 220 valence electrons. The molecule has 0 saturated heterocycles. The lowest BCUT2D eigenvalue weighted by atomic mass is 9.35. The number of fused-ring (bicyclic) bond motifs is 7. The Labute approximate surface area is 237 Å². The number of carbonyl (C=O) groups excluding carboxylic acids is 2. The second-order valence-electron chi connectivity index (χ2n) is 16.0. The van der Waals surface area contributed by atoms with Crippen LogP contribution in [0.25, 0.3) is 0 Å². The van der Waals surface area contributed by atoms with Gasteiger partial charge in [-0.15, -0.1) is 0 Å². The Balaban J connectivity index is 1.66. The third-order valence-electron chi connectivity index (χ3n) is 12.8. The van der Waals surface area contributed by atoms with E-state index in [9.17, 15) is 28.7 Å². The highest BCUT2D eigenvalue weighted by molar-refractivity contribution is 5.96. The molecule has 0 aliphatic heterocycles. The Bertz CT molecular complexity index is 1250. The second-order valence-corrected chi connectivity index (χ2v) is 16.0. The maximum Gasteiger partial charge on any atom is 0.321 e. The molecule has 8 atom stereocenters. The Morgan fingerprint density at radius 3 is 2.30 bits per heavy atom. The molecular formula is C33H46F2N2O3. The Morgan fingerprint density at radius 2 is 1.70 bits per heavy atom. The van der Waals surface area contributed by atoms with E-state index in [1.54, 1.807) is 0 Å². The molecule has 0 aromatic rings. The summed E-state index contributed by atoms with van der Waals surface area (Å²) in [5.74, 6) is -5.32. The summed E-state index contributed by atoms with van der Waals surface area (Å²) in [6.07, 6.45) is 7.85. The monoisotopic (exact) mass is 556 g/mol. The van der Waals surface area contributed by atoms with Crippen molar-refractivity contribution >= 4 is 11.7 Å². The summed E-state index contributed by atoms with van der Waals surface area (Å²) in [6, 6.07) is 2.23. The van der Waals surface area contributed by atoms with Gasteiger partial charge in [0.25, 0.3) is 5.91 Å². The molecule has 5 rings (SSSR count). The van der Waals surface area contributed by atoms with Crippen LogP contribution in [-0.4, -0.2) is 34.4 Å². The Kier molecular flexibility index (Phi) is 6.25. The molecule has 3 saturated carbocycles. The van der Waals surface area contributed by atoms with Crippen molar-refractivity contribution in [2.45, 2.75) is 118 Å². The van der Waals surface area contributed by atoms with Crippen molar-refractivity contribution in [3.8, 4) is 6.07 Å². The van der Waals surface area contributed by atoms with Crippen LogP contribution >= 0.6 is 0 Å². The zero-order valence-corrected chi connectivity index (χ0v) is 25.4. The molecule has 5 nitrogen and oxygen atoms in total. The fraction of sp³-hybridized carbons (Fsp3) is 0.788. The van der Waals surface area contributed by atoms with Crippen LogP contribution in [0.5, 0.6) is 0 Å². The molecule has 0 radical (unpaired) electrons. The summed E-state index contributed by atoms with van der Waals surface area (Å²) >= 11 is 0. The maximum absolute atomic E-state index is 14.4. The number of allylic oxidation sites excluding steroid dienone is 3. The van der Waals surface area contributed by atoms with E-state index in [4.69, 9.17) is 0 Å². The predicted molar refractivity (Wildman–Crippen MR) is 149 cm³/mol. The number of nitrogens with zero attached hydrogens (tertiary/aromatic N) is 1. The summed E-state index contributed by atoms with van der Waals surface area (Å²) < 4.78 is 28.3. The highest BCUT2D eigenvalue weighted by atomic mass is 19.3. The molecule has 2 N–H and O–H groups in total. The van der Waals surface area contributed by atoms with Crippen LogP contribution in [0.1, 0.15) is 100 Å². The average molecular weight is 557 g/mol. The van der Waals surface area contributed by atoms with Gasteiger partial charge < -0.3 is 10.4 Å². The smallest absolute Gasteiger partial charge is 0.321 e. The number of aliphatic hydroxyl groups is 1. The molecule has 1 unspecified atom stereocenters. The molecule has 5 aliphatic rings. The minimum atomic E-state index is -3.49. The predicted octanol–water partition coefficient (Wildman–Crippen LogP) is 6.52. The SMILES string of the molecule is CC1(C)CC[C@]2(NC(=O)C(C)(F)F)CC[C@]3(C)[C@H](C(=O)C=C4[C@@]5(C)C=C(C#N)C(O)C(C)(C)[C@@H]5CC[C@]43C)[C@@H]2C1. The number of nitriles is 1. The molecule has 0 aromatic heterocycles. The van der Waals surface area contributed by atoms with Crippen LogP contribution in [0.15, 0.2) is 23.3 Å². The van der Waals surface area contributed by atoms with E-state index in [1.165, 1.54) is 0 Å². The van der Waals surface area contributed by atoms with Crippen molar-refractivity contribution in [1.82, 2.24) is 5.32 Å². The summed E-state index contributed by atoms with van der Waals surface area (Å²) in [6.45, 7) is 15.6. The summed E-state index contributed by atoms with van der Waals surface area (Å²) in [7, 11) is 0. The van der Waals surface area contributed by atoms with Crippen LogP contribution in [-0.2, 0) is 9.59 Å². The van der Waals surface area contributed by atoms with Crippen LogP contribution in [0.4, 0.5) is 8.78 Å². The molecule has 3 fully saturated rings. The standard InChI is InChI=1S/C33H46F2N2O3/c1-27(2)11-13-33(37-26(40)32(8,34)35)14-12-31(7)24(20(33)17-27)21(38)15-23-29(5)16-19(18-36)25(39)28(3,4)22(29)9-10-30(23,31)6/h15-16,20,22,24-25,39H,9-14,17H2,1-8H3,(H,37,40)/t20-,22-,24-,25?,29-,30+,31+,33-/m0/s1. The first-order valence-electron chi connectivity index (χ1n) is 15.0. The van der Waals surface area contributed by atoms with Gasteiger partial charge in [-0.3, -0.25) is 9.59 Å². The van der Waals surface area contributed by atoms with Crippen molar-refractivity contribution in [1.29, 1.82) is 5.26 Å². The zero-order valence-electron chi connectivity index (χ0n) is 25.4. The average Bonchev–Trinajstić information content (AvgIpc) is 2.83. The van der Waals surface area contributed by atoms with Crippen molar-refractivity contribution in [3.05, 3.63) is 23.3 Å². The van der Waals surface area contributed by atoms with Crippen LogP contribution in [0.2, 0.25) is 0 Å². The molecule has 0 aromatic carbocycles. The number of hydrogen-bond donors (Lipinski definition) is 2. The van der Waals surface area contributed by atoms with E-state index < -0.39 is 45.6 Å². The lowest BCUT2D eigenvalue weighted by Gasteiger charge is -2.69. The number of carbonyl (C=O) groups is 2. The van der Waals surface area contributed by atoms with Crippen molar-refractivity contribution in [3.63, 3.8) is 0 Å². The lowest BCUT2D eigenvalue weighted by Crippen LogP contribution is -2.70. The molecule has 1 amide bonds. The van der Waals surface area contributed by atoms with Crippen LogP contribution in [0, 0.1) is 56.2 Å². The quantitative estimate of drug-likeness (QED) is 0.405. The maximum atomic E-state index is 14.4. The Hall–Kier alpha value is -2.07. The summed E-state index contributed by atoms with van der Waals surface area (Å²) in [5, 5.41) is 23.8. The molecule has 0 spiro atoms. The minimum absolute atomic E-state index is 0.0111. The van der Waals surface area contributed by atoms with Gasteiger partial charge >= 0.3 is 5.92 Å². The van der Waals surface area contributed by atoms with Gasteiger partial charge in [-0.25, -0.2) is 0 Å². The van der Waals surface area contributed by atoms with E-state index in [1.807, 2.05) is 26.0 Å².